The minimum Gasteiger partial charge on any atom is -0.497 e. The number of carbonyl (C=O) groups excluding carboxylic acids is 4. The highest BCUT2D eigenvalue weighted by Crippen LogP contribution is 2.38. The fourth-order valence-corrected chi connectivity index (χ4v) is 7.52. The van der Waals surface area contributed by atoms with Gasteiger partial charge in [0.05, 0.1) is 32.1 Å². The number of fused-ring (bicyclic) bond motifs is 1. The molecule has 3 N–H and O–H groups in total. The summed E-state index contributed by atoms with van der Waals surface area (Å²) in [6.45, 7) is 2.02. The second kappa shape index (κ2) is 17.5. The van der Waals surface area contributed by atoms with Crippen LogP contribution in [0.15, 0.2) is 83.4 Å². The van der Waals surface area contributed by atoms with Crippen molar-refractivity contribution < 1.29 is 33.4 Å². The highest BCUT2D eigenvalue weighted by atomic mass is 32.2. The van der Waals surface area contributed by atoms with Crippen LogP contribution >= 0.6 is 23.1 Å². The van der Waals surface area contributed by atoms with Crippen molar-refractivity contribution in [1.82, 2.24) is 5.32 Å². The second-order valence-electron chi connectivity index (χ2n) is 11.3. The molecule has 260 valence electrons. The Kier molecular flexibility index (Phi) is 12.7. The van der Waals surface area contributed by atoms with Crippen LogP contribution in [0.2, 0.25) is 0 Å². The number of hydrogen-bond donors (Lipinski definition) is 3. The maximum atomic E-state index is 13.7. The molecule has 1 aliphatic carbocycles. The lowest BCUT2D eigenvalue weighted by molar-refractivity contribution is -0.114. The molecule has 0 bridgehead atoms. The van der Waals surface area contributed by atoms with Gasteiger partial charge in [-0.25, -0.2) is 4.79 Å². The Morgan fingerprint density at radius 2 is 1.68 bits per heavy atom. The smallest absolute Gasteiger partial charge is 0.341 e. The molecule has 3 aromatic carbocycles. The number of methoxy groups -OCH3 is 2. The third kappa shape index (κ3) is 9.33. The number of thiophene rings is 1. The molecule has 50 heavy (non-hydrogen) atoms. The average molecular weight is 714 g/mol. The molecule has 1 aromatic heterocycles. The molecular formula is C38H39N3O7S2. The van der Waals surface area contributed by atoms with Crippen LogP contribution in [0.5, 0.6) is 11.5 Å². The normalized spacial score (nSPS) is 12.6. The maximum absolute atomic E-state index is 13.7. The maximum Gasteiger partial charge on any atom is 0.341 e. The Labute approximate surface area is 299 Å². The molecule has 0 spiro atoms. The zero-order chi connectivity index (χ0) is 35.5. The van der Waals surface area contributed by atoms with Crippen molar-refractivity contribution in [3.8, 4) is 11.5 Å². The fraction of sp³-hybridized carbons (Fsp3) is 0.263. The lowest BCUT2D eigenvalue weighted by Crippen LogP contribution is -2.30. The first-order valence-corrected chi connectivity index (χ1v) is 18.1. The molecule has 0 aliphatic heterocycles. The number of esters is 1. The van der Waals surface area contributed by atoms with Crippen molar-refractivity contribution in [1.29, 1.82) is 0 Å². The van der Waals surface area contributed by atoms with Gasteiger partial charge in [0.15, 0.2) is 0 Å². The SMILES string of the molecule is CCOC(=O)c1c(NC(=O)CSc2cccc(NC(=O)/C(=C\c3cc(OC)ccc3OC)NC(=O)c3ccccc3)c2)sc2c1CCCCC2. The lowest BCUT2D eigenvalue weighted by Gasteiger charge is -2.14. The van der Waals surface area contributed by atoms with E-state index in [0.717, 1.165) is 47.4 Å². The monoisotopic (exact) mass is 713 g/mol. The van der Waals surface area contributed by atoms with Gasteiger partial charge in [-0.15, -0.1) is 23.1 Å². The van der Waals surface area contributed by atoms with E-state index in [1.807, 2.05) is 6.07 Å². The zero-order valence-corrected chi connectivity index (χ0v) is 29.8. The van der Waals surface area contributed by atoms with Crippen molar-refractivity contribution in [3.05, 3.63) is 106 Å². The van der Waals surface area contributed by atoms with Crippen molar-refractivity contribution in [3.63, 3.8) is 0 Å². The number of aryl methyl sites for hydroxylation is 1. The summed E-state index contributed by atoms with van der Waals surface area (Å²) in [5, 5.41) is 9.08. The van der Waals surface area contributed by atoms with Gasteiger partial charge in [-0.3, -0.25) is 14.4 Å². The summed E-state index contributed by atoms with van der Waals surface area (Å²) in [6, 6.07) is 20.8. The van der Waals surface area contributed by atoms with Gasteiger partial charge in [-0.1, -0.05) is 30.7 Å². The number of ether oxygens (including phenoxy) is 3. The van der Waals surface area contributed by atoms with Crippen molar-refractivity contribution in [2.45, 2.75) is 43.9 Å². The van der Waals surface area contributed by atoms with Crippen molar-refractivity contribution in [2.75, 3.05) is 37.2 Å². The fourth-order valence-electron chi connectivity index (χ4n) is 5.47. The first kappa shape index (κ1) is 36.2. The van der Waals surface area contributed by atoms with Crippen LogP contribution in [0.3, 0.4) is 0 Å². The van der Waals surface area contributed by atoms with E-state index in [0.29, 0.717) is 38.9 Å². The van der Waals surface area contributed by atoms with Gasteiger partial charge in [-0.2, -0.15) is 0 Å². The van der Waals surface area contributed by atoms with Crippen LogP contribution in [0.4, 0.5) is 10.7 Å². The standard InChI is InChI=1S/C38H39N3O7S2/c1-4-48-38(45)34-29-16-9-6-10-17-32(29)50-37(34)41-33(42)23-49-28-15-11-14-26(22-28)39-36(44)30(40-35(43)24-12-7-5-8-13-24)21-25-20-27(46-2)18-19-31(25)47-3/h5,7-8,11-15,18-22H,4,6,9-10,16-17,23H2,1-3H3,(H,39,44)(H,40,43)(H,41,42)/b30-21+. The molecule has 0 radical (unpaired) electrons. The molecule has 0 atom stereocenters. The number of hydrogen-bond acceptors (Lipinski definition) is 9. The average Bonchev–Trinajstić information content (AvgIpc) is 3.30. The molecule has 0 fully saturated rings. The van der Waals surface area contributed by atoms with Crippen molar-refractivity contribution in [2.24, 2.45) is 0 Å². The molecule has 4 aromatic rings. The Morgan fingerprint density at radius 1 is 0.880 bits per heavy atom. The molecule has 0 saturated carbocycles. The molecule has 1 aliphatic rings. The summed E-state index contributed by atoms with van der Waals surface area (Å²) in [6.07, 6.45) is 6.36. The van der Waals surface area contributed by atoms with E-state index in [-0.39, 0.29) is 24.0 Å². The first-order chi connectivity index (χ1) is 24.3. The number of nitrogens with one attached hydrogen (secondary N) is 3. The molecule has 12 heteroatoms. The topological polar surface area (TPSA) is 132 Å². The van der Waals surface area contributed by atoms with Crippen LogP contribution in [-0.4, -0.2) is 50.3 Å². The van der Waals surface area contributed by atoms with E-state index >= 15 is 0 Å². The van der Waals surface area contributed by atoms with Crippen LogP contribution in [-0.2, 0) is 27.2 Å². The number of anilines is 2. The third-order valence-electron chi connectivity index (χ3n) is 7.88. The lowest BCUT2D eigenvalue weighted by atomic mass is 10.1. The summed E-state index contributed by atoms with van der Waals surface area (Å²) >= 11 is 2.75. The number of benzene rings is 3. The third-order valence-corrected chi connectivity index (χ3v) is 10.1. The van der Waals surface area contributed by atoms with E-state index in [4.69, 9.17) is 14.2 Å². The summed E-state index contributed by atoms with van der Waals surface area (Å²) in [5.74, 6) is -0.583. The predicted octanol–water partition coefficient (Wildman–Crippen LogP) is 7.35. The zero-order valence-electron chi connectivity index (χ0n) is 28.1. The van der Waals surface area contributed by atoms with Gasteiger partial charge < -0.3 is 30.2 Å². The van der Waals surface area contributed by atoms with Gasteiger partial charge in [-0.05, 0) is 92.8 Å². The van der Waals surface area contributed by atoms with Gasteiger partial charge in [0.1, 0.15) is 22.2 Å². The Morgan fingerprint density at radius 3 is 2.44 bits per heavy atom. The Bertz CT molecular complexity index is 1890. The molecule has 3 amide bonds. The number of rotatable bonds is 13. The minimum absolute atomic E-state index is 0.0189. The van der Waals surface area contributed by atoms with E-state index < -0.39 is 17.8 Å². The Balaban J connectivity index is 1.30. The van der Waals surface area contributed by atoms with Crippen LogP contribution in [0, 0.1) is 0 Å². The molecule has 0 unspecified atom stereocenters. The first-order valence-electron chi connectivity index (χ1n) is 16.3. The summed E-state index contributed by atoms with van der Waals surface area (Å²) in [4.78, 5) is 54.7. The molecule has 0 saturated heterocycles. The predicted molar refractivity (Wildman–Crippen MR) is 197 cm³/mol. The van der Waals surface area contributed by atoms with Gasteiger partial charge in [0.2, 0.25) is 5.91 Å². The summed E-state index contributed by atoms with van der Waals surface area (Å²) < 4.78 is 16.2. The number of carbonyl (C=O) groups is 4. The van der Waals surface area contributed by atoms with E-state index in [1.54, 1.807) is 73.7 Å². The Hall–Kier alpha value is -5.07. The summed E-state index contributed by atoms with van der Waals surface area (Å²) in [7, 11) is 3.05. The number of amides is 3. The largest absolute Gasteiger partial charge is 0.497 e. The van der Waals surface area contributed by atoms with E-state index in [2.05, 4.69) is 16.0 Å². The molecular weight excluding hydrogens is 675 g/mol. The quantitative estimate of drug-likeness (QED) is 0.0567. The summed E-state index contributed by atoms with van der Waals surface area (Å²) in [5.41, 5.74) is 2.82. The molecule has 10 nitrogen and oxygen atoms in total. The van der Waals surface area contributed by atoms with Gasteiger partial charge in [0.25, 0.3) is 11.8 Å². The second-order valence-corrected chi connectivity index (χ2v) is 13.4. The van der Waals surface area contributed by atoms with Crippen LogP contribution in [0.25, 0.3) is 6.08 Å². The minimum atomic E-state index is -0.567. The highest BCUT2D eigenvalue weighted by Gasteiger charge is 2.26. The van der Waals surface area contributed by atoms with Crippen LogP contribution in [0.1, 0.15) is 62.9 Å². The van der Waals surface area contributed by atoms with Crippen LogP contribution < -0.4 is 25.4 Å². The van der Waals surface area contributed by atoms with Crippen molar-refractivity contribution >= 4 is 63.6 Å². The number of thioether (sulfide) groups is 1. The van der Waals surface area contributed by atoms with E-state index in [1.165, 1.54) is 43.4 Å². The molecule has 1 heterocycles. The van der Waals surface area contributed by atoms with Gasteiger partial charge in [0, 0.05) is 26.6 Å². The van der Waals surface area contributed by atoms with E-state index in [9.17, 15) is 19.2 Å². The van der Waals surface area contributed by atoms with Gasteiger partial charge >= 0.3 is 5.97 Å². The highest BCUT2D eigenvalue weighted by molar-refractivity contribution is 8.00. The molecule has 5 rings (SSSR count).